The lowest BCUT2D eigenvalue weighted by Crippen LogP contribution is -2.22. The van der Waals surface area contributed by atoms with Crippen LogP contribution in [0.15, 0.2) is 42.5 Å². The van der Waals surface area contributed by atoms with Crippen LogP contribution in [0.3, 0.4) is 0 Å². The number of nitrogens with one attached hydrogen (secondary N) is 2. The minimum absolute atomic E-state index is 0.120. The minimum atomic E-state index is -0.336. The molecule has 2 aromatic rings. The van der Waals surface area contributed by atoms with E-state index in [-0.39, 0.29) is 18.3 Å². The van der Waals surface area contributed by atoms with E-state index in [0.29, 0.717) is 10.7 Å². The van der Waals surface area contributed by atoms with E-state index in [9.17, 15) is 9.18 Å². The highest BCUT2D eigenvalue weighted by Crippen LogP contribution is 2.22. The van der Waals surface area contributed by atoms with Crippen molar-refractivity contribution in [3.05, 3.63) is 56.9 Å². The van der Waals surface area contributed by atoms with Crippen molar-refractivity contribution in [2.45, 2.75) is 0 Å². The first-order valence-electron chi connectivity index (χ1n) is 5.79. The topological polar surface area (TPSA) is 41.1 Å². The average molecular weight is 405 g/mol. The number of hydrogen-bond acceptors (Lipinski definition) is 2. The van der Waals surface area contributed by atoms with Crippen LogP contribution in [0.5, 0.6) is 0 Å². The molecule has 0 unspecified atom stereocenters. The molecular weight excluding hydrogens is 394 g/mol. The molecule has 0 bridgehead atoms. The quantitative estimate of drug-likeness (QED) is 0.752. The van der Waals surface area contributed by atoms with Crippen molar-refractivity contribution < 1.29 is 9.18 Å². The number of amides is 1. The smallest absolute Gasteiger partial charge is 0.243 e. The normalized spacial score (nSPS) is 10.2. The van der Waals surface area contributed by atoms with Crippen LogP contribution < -0.4 is 10.6 Å². The number of hydrogen-bond donors (Lipinski definition) is 2. The lowest BCUT2D eigenvalue weighted by atomic mass is 10.3. The summed E-state index contributed by atoms with van der Waals surface area (Å²) in [6.45, 7) is 0.120. The van der Waals surface area contributed by atoms with Crippen molar-refractivity contribution in [2.75, 3.05) is 17.2 Å². The molecule has 2 N–H and O–H groups in total. The summed E-state index contributed by atoms with van der Waals surface area (Å²) in [5.41, 5.74) is 1.40. The second-order valence-electron chi connectivity index (χ2n) is 4.03. The highest BCUT2D eigenvalue weighted by Gasteiger charge is 2.05. The van der Waals surface area contributed by atoms with Gasteiger partial charge >= 0.3 is 0 Å². The first-order valence-corrected chi connectivity index (χ1v) is 7.24. The zero-order valence-corrected chi connectivity index (χ0v) is 13.2. The molecule has 0 atom stereocenters. The zero-order valence-electron chi connectivity index (χ0n) is 10.3. The van der Waals surface area contributed by atoms with E-state index in [4.69, 9.17) is 11.6 Å². The van der Waals surface area contributed by atoms with Crippen molar-refractivity contribution in [3.8, 4) is 0 Å². The lowest BCUT2D eigenvalue weighted by molar-refractivity contribution is -0.114. The Hall–Kier alpha value is -1.34. The van der Waals surface area contributed by atoms with Crippen LogP contribution in [-0.2, 0) is 4.79 Å². The highest BCUT2D eigenvalue weighted by molar-refractivity contribution is 14.1. The maximum absolute atomic E-state index is 12.7. The van der Waals surface area contributed by atoms with E-state index in [2.05, 4.69) is 33.2 Å². The van der Waals surface area contributed by atoms with Crippen LogP contribution in [0.1, 0.15) is 0 Å². The largest absolute Gasteiger partial charge is 0.375 e. The Kier molecular flexibility index (Phi) is 5.19. The van der Waals surface area contributed by atoms with E-state index in [1.807, 2.05) is 12.1 Å². The maximum atomic E-state index is 12.7. The molecule has 0 aliphatic carbocycles. The second kappa shape index (κ2) is 6.90. The number of carbonyl (C=O) groups excluding carboxylic acids is 1. The molecule has 0 aromatic heterocycles. The molecule has 0 spiro atoms. The Labute approximate surface area is 134 Å². The summed E-state index contributed by atoms with van der Waals surface area (Å²) in [4.78, 5) is 11.8. The van der Waals surface area contributed by atoms with Gasteiger partial charge in [-0.25, -0.2) is 4.39 Å². The minimum Gasteiger partial charge on any atom is -0.375 e. The van der Waals surface area contributed by atoms with Gasteiger partial charge in [0.1, 0.15) is 5.82 Å². The number of halogens is 3. The van der Waals surface area contributed by atoms with Gasteiger partial charge in [-0.15, -0.1) is 0 Å². The molecule has 2 rings (SSSR count). The van der Waals surface area contributed by atoms with Gasteiger partial charge in [-0.3, -0.25) is 4.79 Å². The fraction of sp³-hybridized carbons (Fsp3) is 0.0714. The van der Waals surface area contributed by atoms with Crippen molar-refractivity contribution in [3.63, 3.8) is 0 Å². The SMILES string of the molecule is O=C(CNc1ccc(Cl)cc1I)Nc1ccc(F)cc1. The van der Waals surface area contributed by atoms with Gasteiger partial charge in [-0.2, -0.15) is 0 Å². The van der Waals surface area contributed by atoms with E-state index in [1.165, 1.54) is 24.3 Å². The van der Waals surface area contributed by atoms with E-state index < -0.39 is 0 Å². The Balaban J connectivity index is 1.90. The van der Waals surface area contributed by atoms with Gasteiger partial charge in [-0.05, 0) is 65.1 Å². The fourth-order valence-electron chi connectivity index (χ4n) is 1.55. The Morgan fingerprint density at radius 2 is 1.90 bits per heavy atom. The van der Waals surface area contributed by atoms with Gasteiger partial charge in [0.05, 0.1) is 6.54 Å². The van der Waals surface area contributed by atoms with Crippen molar-refractivity contribution in [1.29, 1.82) is 0 Å². The molecule has 6 heteroatoms. The fourth-order valence-corrected chi connectivity index (χ4v) is 2.61. The van der Waals surface area contributed by atoms with Crippen molar-refractivity contribution >= 4 is 51.5 Å². The average Bonchev–Trinajstić information content (AvgIpc) is 2.40. The third-order valence-corrected chi connectivity index (χ3v) is 3.63. The second-order valence-corrected chi connectivity index (χ2v) is 5.63. The lowest BCUT2D eigenvalue weighted by Gasteiger charge is -2.09. The molecule has 0 aliphatic heterocycles. The molecule has 0 heterocycles. The van der Waals surface area contributed by atoms with Gasteiger partial charge < -0.3 is 10.6 Å². The molecule has 0 saturated heterocycles. The Morgan fingerprint density at radius 1 is 1.20 bits per heavy atom. The van der Waals surface area contributed by atoms with E-state index >= 15 is 0 Å². The molecule has 104 valence electrons. The van der Waals surface area contributed by atoms with Crippen LogP contribution in [0, 0.1) is 9.39 Å². The molecule has 0 aliphatic rings. The Bertz CT molecular complexity index is 619. The molecule has 3 nitrogen and oxygen atoms in total. The van der Waals surface area contributed by atoms with Crippen LogP contribution in [0.4, 0.5) is 15.8 Å². The van der Waals surface area contributed by atoms with Crippen LogP contribution in [-0.4, -0.2) is 12.5 Å². The first kappa shape index (κ1) is 15.1. The van der Waals surface area contributed by atoms with Crippen LogP contribution >= 0.6 is 34.2 Å². The van der Waals surface area contributed by atoms with Crippen LogP contribution in [0.2, 0.25) is 5.02 Å². The van der Waals surface area contributed by atoms with E-state index in [0.717, 1.165) is 9.26 Å². The highest BCUT2D eigenvalue weighted by atomic mass is 127. The van der Waals surface area contributed by atoms with Crippen molar-refractivity contribution in [2.24, 2.45) is 0 Å². The Morgan fingerprint density at radius 3 is 2.55 bits per heavy atom. The third kappa shape index (κ3) is 4.35. The molecule has 0 saturated carbocycles. The number of carbonyl (C=O) groups is 1. The molecule has 20 heavy (non-hydrogen) atoms. The van der Waals surface area contributed by atoms with Gasteiger partial charge in [0.15, 0.2) is 0 Å². The predicted molar refractivity (Wildman–Crippen MR) is 87.7 cm³/mol. The van der Waals surface area contributed by atoms with Gasteiger partial charge in [-0.1, -0.05) is 11.6 Å². The summed E-state index contributed by atoms with van der Waals surface area (Å²) in [7, 11) is 0. The summed E-state index contributed by atoms with van der Waals surface area (Å²) in [6.07, 6.45) is 0. The van der Waals surface area contributed by atoms with E-state index in [1.54, 1.807) is 6.07 Å². The molecule has 0 fully saturated rings. The summed E-state index contributed by atoms with van der Waals surface area (Å²) < 4.78 is 13.7. The maximum Gasteiger partial charge on any atom is 0.243 e. The summed E-state index contributed by atoms with van der Waals surface area (Å²) in [5, 5.41) is 6.34. The molecule has 1 amide bonds. The number of benzene rings is 2. The number of rotatable bonds is 4. The standard InChI is InChI=1S/C14H11ClFIN2O/c15-9-1-6-13(12(17)7-9)18-8-14(20)19-11-4-2-10(16)3-5-11/h1-7,18H,8H2,(H,19,20). The summed E-state index contributed by atoms with van der Waals surface area (Å²) >= 11 is 8.00. The monoisotopic (exact) mass is 404 g/mol. The number of anilines is 2. The van der Waals surface area contributed by atoms with Crippen LogP contribution in [0.25, 0.3) is 0 Å². The third-order valence-electron chi connectivity index (χ3n) is 2.50. The van der Waals surface area contributed by atoms with Crippen molar-refractivity contribution in [1.82, 2.24) is 0 Å². The van der Waals surface area contributed by atoms with Gasteiger partial charge in [0.25, 0.3) is 0 Å². The molecule has 0 radical (unpaired) electrons. The van der Waals surface area contributed by atoms with Gasteiger partial charge in [0.2, 0.25) is 5.91 Å². The summed E-state index contributed by atoms with van der Waals surface area (Å²) in [5.74, 6) is -0.542. The first-order chi connectivity index (χ1) is 9.54. The summed E-state index contributed by atoms with van der Waals surface area (Å²) in [6, 6.07) is 11.0. The molecule has 2 aromatic carbocycles. The predicted octanol–water partition coefficient (Wildman–Crippen LogP) is 4.13. The zero-order chi connectivity index (χ0) is 14.5. The van der Waals surface area contributed by atoms with Gasteiger partial charge in [0, 0.05) is 20.0 Å². The molecular formula is C14H11ClFIN2O.